The Bertz CT molecular complexity index is 6940. The lowest BCUT2D eigenvalue weighted by atomic mass is 10.1. The van der Waals surface area contributed by atoms with Gasteiger partial charge in [-0.25, -0.2) is 19.9 Å². The number of imidazole rings is 4. The number of rotatable bonds is 15. The smallest absolute Gasteiger partial charge is 0.161 e. The number of nitrogens with zero attached hydrogens (tertiary/aromatic N) is 16. The first kappa shape index (κ1) is 71.7. The van der Waals surface area contributed by atoms with Crippen LogP contribution in [-0.4, -0.2) is 100 Å². The standard InChI is InChI=1S/C23H19N5O.C23H19N5.C22H16ClN5O.C22H17N5O/c1-15-19-8-3-4-9-20(19)23(27-26-15)25-16-10-11-22-21(12-16)24-14-28(22)17-6-5-7-18(13-17)29-2;1-15-7-10-18(11-8-15)28-14-24-21-13-17(9-12-22(21)28)25-23-20-6-4-3-5-19(20)16(2)26-27-23;1-29-20-9-5-4-8-19(20)28-13-24-17-12-14(10-11-18(17)28)25-22-16-7-3-2-6-15(16)21(23)26-27-22;1-28-18-7-4-6-17(12-18)27-14-23-20-11-16(9-10-21(20)27)25-22-19-8-3-2-5-15(19)13-24-26-22/h3-14H,1-2H3,(H,25,27);3-14H,1-2H3,(H,25,27);2-13H,1H3,(H,25,27);2-14H,1H3,(H,25,26). The molecule has 0 fully saturated rings. The summed E-state index contributed by atoms with van der Waals surface area (Å²) < 4.78 is 24.3. The van der Waals surface area contributed by atoms with E-state index in [0.717, 1.165) is 179 Å². The van der Waals surface area contributed by atoms with Gasteiger partial charge in [-0.3, -0.25) is 18.3 Å². The lowest BCUT2D eigenvalue weighted by molar-refractivity contribution is 0.413. The van der Waals surface area contributed by atoms with Crippen LogP contribution in [0.3, 0.4) is 0 Å². The third-order valence-corrected chi connectivity index (χ3v) is 19.8. The van der Waals surface area contributed by atoms with E-state index < -0.39 is 0 Å². The molecule has 0 atom stereocenters. The molecule has 24 heteroatoms. The van der Waals surface area contributed by atoms with Crippen LogP contribution in [0.2, 0.25) is 5.15 Å². The number of halogens is 1. The van der Waals surface area contributed by atoms with Crippen LogP contribution in [0.15, 0.2) is 298 Å². The van der Waals surface area contributed by atoms with Crippen molar-refractivity contribution < 1.29 is 14.2 Å². The van der Waals surface area contributed by atoms with Crippen LogP contribution >= 0.6 is 11.6 Å². The van der Waals surface area contributed by atoms with Gasteiger partial charge in [0, 0.05) is 83.7 Å². The molecule has 0 aliphatic heterocycles. The summed E-state index contributed by atoms with van der Waals surface area (Å²) in [6.07, 6.45) is 9.06. The molecule has 0 spiro atoms. The van der Waals surface area contributed by atoms with Crippen molar-refractivity contribution in [3.63, 3.8) is 0 Å². The SMILES string of the molecule is COc1cccc(-n2cnc3cc(Nc4nnc(C)c5ccccc45)ccc32)c1.COc1cccc(-n2cnc3cc(Nc4nncc5ccccc45)ccc32)c1.COc1ccccc1-n1cnc2cc(Nc3nnc(Cl)c4ccccc34)ccc21.Cc1ccc(-n2cnc3cc(Nc4nnc(C)c5ccccc45)ccc32)cc1. The number of anilines is 8. The van der Waals surface area contributed by atoms with E-state index in [1.165, 1.54) is 5.56 Å². The highest BCUT2D eigenvalue weighted by Crippen LogP contribution is 2.35. The van der Waals surface area contributed by atoms with Crippen LogP contribution < -0.4 is 35.5 Å². The molecule has 20 rings (SSSR count). The van der Waals surface area contributed by atoms with Crippen molar-refractivity contribution in [2.45, 2.75) is 20.8 Å². The highest BCUT2D eigenvalue weighted by molar-refractivity contribution is 6.34. The van der Waals surface area contributed by atoms with Crippen molar-refractivity contribution in [3.8, 4) is 40.0 Å². The van der Waals surface area contributed by atoms with Crippen molar-refractivity contribution >= 4 is 145 Å². The van der Waals surface area contributed by atoms with E-state index >= 15 is 0 Å². The van der Waals surface area contributed by atoms with Gasteiger partial charge in [0.1, 0.15) is 42.6 Å². The molecule has 8 aromatic heterocycles. The van der Waals surface area contributed by atoms with Crippen LogP contribution in [0.5, 0.6) is 17.2 Å². The summed E-state index contributed by atoms with van der Waals surface area (Å²) in [5.74, 6) is 5.27. The fourth-order valence-electron chi connectivity index (χ4n) is 13.7. The molecule has 0 bridgehead atoms. The van der Waals surface area contributed by atoms with Crippen LogP contribution in [0, 0.1) is 20.8 Å². The summed E-state index contributed by atoms with van der Waals surface area (Å²) in [4.78, 5) is 18.3. The molecular formula is C90H71ClN20O3. The summed E-state index contributed by atoms with van der Waals surface area (Å²) >= 11 is 6.17. The van der Waals surface area contributed by atoms with Gasteiger partial charge in [0.2, 0.25) is 0 Å². The molecule has 0 saturated heterocycles. The zero-order chi connectivity index (χ0) is 77.6. The summed E-state index contributed by atoms with van der Waals surface area (Å²) in [6, 6.07) is 88.5. The zero-order valence-corrected chi connectivity index (χ0v) is 63.3. The van der Waals surface area contributed by atoms with Crippen LogP contribution in [0.25, 0.3) is 110 Å². The molecule has 4 N–H and O–H groups in total. The van der Waals surface area contributed by atoms with Crippen molar-refractivity contribution in [2.75, 3.05) is 42.6 Å². The van der Waals surface area contributed by atoms with Gasteiger partial charge < -0.3 is 35.5 Å². The third kappa shape index (κ3) is 14.8. The summed E-state index contributed by atoms with van der Waals surface area (Å²) in [7, 11) is 5.00. The molecule has 0 aliphatic carbocycles. The predicted octanol–water partition coefficient (Wildman–Crippen LogP) is 20.5. The van der Waals surface area contributed by atoms with Gasteiger partial charge in [0.05, 0.1) is 100 Å². The quantitative estimate of drug-likeness (QED) is 0.0744. The Morgan fingerprint density at radius 2 is 0.693 bits per heavy atom. The lowest BCUT2D eigenvalue weighted by Gasteiger charge is -2.11. The Hall–Kier alpha value is -15.2. The molecule has 23 nitrogen and oxygen atoms in total. The Balaban J connectivity index is 0.000000110. The first-order valence-electron chi connectivity index (χ1n) is 36.5. The number of hydrogen-bond donors (Lipinski definition) is 4. The molecule has 8 heterocycles. The number of nitrogens with one attached hydrogen (secondary N) is 4. The molecule has 0 saturated carbocycles. The van der Waals surface area contributed by atoms with Gasteiger partial charge in [0.25, 0.3) is 0 Å². The third-order valence-electron chi connectivity index (χ3n) is 19.5. The molecular weight excluding hydrogens is 1440 g/mol. The topological polar surface area (TPSA) is 250 Å². The van der Waals surface area contributed by atoms with E-state index in [2.05, 4.69) is 148 Å². The van der Waals surface area contributed by atoms with Crippen molar-refractivity contribution in [1.82, 2.24) is 79.0 Å². The summed E-state index contributed by atoms with van der Waals surface area (Å²) in [5, 5.41) is 55.9. The number of hydrogen-bond acceptors (Lipinski definition) is 19. The Morgan fingerprint density at radius 3 is 1.17 bits per heavy atom. The summed E-state index contributed by atoms with van der Waals surface area (Å²) in [6.45, 7) is 6.03. The van der Waals surface area contributed by atoms with Gasteiger partial charge >= 0.3 is 0 Å². The molecule has 556 valence electrons. The molecule has 12 aromatic carbocycles. The lowest BCUT2D eigenvalue weighted by Crippen LogP contribution is -1.99. The number of aryl methyl sites for hydroxylation is 3. The van der Waals surface area contributed by atoms with Crippen LogP contribution in [0.4, 0.5) is 46.0 Å². The maximum Gasteiger partial charge on any atom is 0.161 e. The number of para-hydroxylation sites is 2. The van der Waals surface area contributed by atoms with E-state index in [1.54, 1.807) is 33.9 Å². The van der Waals surface area contributed by atoms with E-state index in [1.807, 2.05) is 259 Å². The predicted molar refractivity (Wildman–Crippen MR) is 454 cm³/mol. The second kappa shape index (κ2) is 31.8. The number of ether oxygens (including phenoxy) is 3. The normalized spacial score (nSPS) is 11.1. The largest absolute Gasteiger partial charge is 0.497 e. The van der Waals surface area contributed by atoms with Crippen molar-refractivity contribution in [2.24, 2.45) is 0 Å². The highest BCUT2D eigenvalue weighted by atomic mass is 35.5. The maximum atomic E-state index is 6.17. The molecule has 0 amide bonds. The van der Waals surface area contributed by atoms with Crippen molar-refractivity contribution in [1.29, 1.82) is 0 Å². The van der Waals surface area contributed by atoms with E-state index in [-0.39, 0.29) is 0 Å². The van der Waals surface area contributed by atoms with Gasteiger partial charge in [-0.15, -0.1) is 25.5 Å². The Morgan fingerprint density at radius 1 is 0.307 bits per heavy atom. The second-order valence-corrected chi connectivity index (χ2v) is 27.1. The number of benzene rings is 12. The van der Waals surface area contributed by atoms with Gasteiger partial charge in [-0.05, 0) is 142 Å². The Labute approximate surface area is 658 Å². The van der Waals surface area contributed by atoms with E-state index in [4.69, 9.17) is 25.8 Å². The van der Waals surface area contributed by atoms with E-state index in [0.29, 0.717) is 11.0 Å². The van der Waals surface area contributed by atoms with E-state index in [9.17, 15) is 0 Å². The first-order chi connectivity index (χ1) is 56.0. The zero-order valence-electron chi connectivity index (χ0n) is 62.5. The minimum absolute atomic E-state index is 0.386. The number of methoxy groups -OCH3 is 3. The minimum Gasteiger partial charge on any atom is -0.497 e. The molecule has 0 radical (unpaired) electrons. The number of aromatic nitrogens is 16. The molecule has 114 heavy (non-hydrogen) atoms. The number of fused-ring (bicyclic) bond motifs is 8. The molecule has 0 unspecified atom stereocenters. The highest BCUT2D eigenvalue weighted by Gasteiger charge is 2.17. The summed E-state index contributed by atoms with van der Waals surface area (Å²) in [5.41, 5.74) is 18.4. The van der Waals surface area contributed by atoms with Gasteiger partial charge in [-0.1, -0.05) is 151 Å². The van der Waals surface area contributed by atoms with Gasteiger partial charge in [0.15, 0.2) is 28.4 Å². The van der Waals surface area contributed by atoms with Crippen LogP contribution in [0.1, 0.15) is 17.0 Å². The average Bonchev–Trinajstić information content (AvgIpc) is 1.60. The Kier molecular flexibility index (Phi) is 20.0. The second-order valence-electron chi connectivity index (χ2n) is 26.7. The molecule has 0 aliphatic rings. The van der Waals surface area contributed by atoms with Gasteiger partial charge in [-0.2, -0.15) is 15.3 Å². The monoisotopic (exact) mass is 1510 g/mol. The average molecular weight is 1520 g/mol. The first-order valence-corrected chi connectivity index (χ1v) is 36.9. The fraction of sp³-hybridized carbons (Fsp3) is 0.0667. The van der Waals surface area contributed by atoms with Crippen molar-refractivity contribution in [3.05, 3.63) is 321 Å². The van der Waals surface area contributed by atoms with Crippen LogP contribution in [-0.2, 0) is 0 Å². The minimum atomic E-state index is 0.386. The fourth-order valence-corrected chi connectivity index (χ4v) is 13.9. The maximum absolute atomic E-state index is 6.17. The molecule has 20 aromatic rings.